The fourth-order valence-corrected chi connectivity index (χ4v) is 3.79. The van der Waals surface area contributed by atoms with Gasteiger partial charge < -0.3 is 23.9 Å². The van der Waals surface area contributed by atoms with E-state index in [0.29, 0.717) is 47.0 Å². The van der Waals surface area contributed by atoms with Crippen molar-refractivity contribution in [3.63, 3.8) is 0 Å². The van der Waals surface area contributed by atoms with E-state index in [1.165, 1.54) is 31.4 Å². The molecule has 4 rings (SSSR count). The molecule has 0 atom stereocenters. The van der Waals surface area contributed by atoms with Crippen LogP contribution in [0.4, 0.5) is 10.1 Å². The van der Waals surface area contributed by atoms with Crippen LogP contribution in [0.25, 0.3) is 11.0 Å². The molecule has 0 aliphatic heterocycles. The maximum absolute atomic E-state index is 13.4. The third kappa shape index (κ3) is 5.33. The number of anilines is 1. The summed E-state index contributed by atoms with van der Waals surface area (Å²) in [5.74, 6) is 0.322. The van der Waals surface area contributed by atoms with E-state index >= 15 is 0 Å². The molecule has 0 unspecified atom stereocenters. The highest BCUT2D eigenvalue weighted by Crippen LogP contribution is 2.35. The second kappa shape index (κ2) is 10.9. The largest absolute Gasteiger partial charge is 0.497 e. The fraction of sp³-hybridized carbons (Fsp3) is 0.214. The summed E-state index contributed by atoms with van der Waals surface area (Å²) >= 11 is 0. The Balaban J connectivity index is 1.67. The summed E-state index contributed by atoms with van der Waals surface area (Å²) in [6, 6.07) is 15.5. The topological polar surface area (TPSA) is 87.0 Å². The van der Waals surface area contributed by atoms with Crippen molar-refractivity contribution in [1.29, 1.82) is 0 Å². The minimum Gasteiger partial charge on any atom is -0.497 e. The van der Waals surface area contributed by atoms with Crippen LogP contribution in [0.1, 0.15) is 35.5 Å². The van der Waals surface area contributed by atoms with Gasteiger partial charge in [-0.1, -0.05) is 6.07 Å². The van der Waals surface area contributed by atoms with E-state index in [2.05, 4.69) is 5.32 Å². The van der Waals surface area contributed by atoms with E-state index < -0.39 is 11.6 Å². The van der Waals surface area contributed by atoms with Crippen LogP contribution in [0.5, 0.6) is 17.2 Å². The summed E-state index contributed by atoms with van der Waals surface area (Å²) in [7, 11) is 1.52. The van der Waals surface area contributed by atoms with Gasteiger partial charge in [-0.2, -0.15) is 0 Å². The number of carbonyl (C=O) groups excluding carboxylic acids is 2. The molecule has 1 amide bonds. The standard InChI is InChI=1S/C28H26FNO6/c1-4-34-23-12-6-17(14-24(23)35-5-2)15-25(31)30-26-21-16-20(33-3)11-13-22(21)36-28(26)27(32)18-7-9-19(29)10-8-18/h6-14,16H,4-5,15H2,1-3H3,(H,30,31). The van der Waals surface area contributed by atoms with E-state index in [0.717, 1.165) is 0 Å². The first-order valence-electron chi connectivity index (χ1n) is 11.5. The Morgan fingerprint density at radius 1 is 0.917 bits per heavy atom. The molecule has 0 radical (unpaired) electrons. The number of ketones is 1. The first kappa shape index (κ1) is 24.8. The number of ether oxygens (including phenoxy) is 3. The van der Waals surface area contributed by atoms with Crippen LogP contribution < -0.4 is 19.5 Å². The van der Waals surface area contributed by atoms with Crippen molar-refractivity contribution >= 4 is 28.3 Å². The minimum atomic E-state index is -0.486. The Kier molecular flexibility index (Phi) is 7.53. The zero-order chi connectivity index (χ0) is 25.7. The lowest BCUT2D eigenvalue weighted by Gasteiger charge is -2.12. The fourth-order valence-electron chi connectivity index (χ4n) is 3.79. The third-order valence-corrected chi connectivity index (χ3v) is 5.44. The predicted molar refractivity (Wildman–Crippen MR) is 134 cm³/mol. The van der Waals surface area contributed by atoms with Crippen LogP contribution in [0.15, 0.2) is 65.1 Å². The number of benzene rings is 3. The lowest BCUT2D eigenvalue weighted by atomic mass is 10.1. The summed E-state index contributed by atoms with van der Waals surface area (Å²) < 4.78 is 35.8. The third-order valence-electron chi connectivity index (χ3n) is 5.44. The quantitative estimate of drug-likeness (QED) is 0.283. The first-order valence-corrected chi connectivity index (χ1v) is 11.5. The molecule has 1 heterocycles. The Morgan fingerprint density at radius 2 is 1.64 bits per heavy atom. The van der Waals surface area contributed by atoms with Gasteiger partial charge in [0.1, 0.15) is 17.1 Å². The molecule has 186 valence electrons. The molecule has 3 aromatic carbocycles. The lowest BCUT2D eigenvalue weighted by molar-refractivity contribution is -0.115. The number of hydrogen-bond donors (Lipinski definition) is 1. The molecule has 0 saturated carbocycles. The SMILES string of the molecule is CCOc1ccc(CC(=O)Nc2c(C(=O)c3ccc(F)cc3)oc3ccc(OC)cc23)cc1OCC. The van der Waals surface area contributed by atoms with E-state index in [-0.39, 0.29) is 29.3 Å². The first-order chi connectivity index (χ1) is 17.4. The molecule has 0 bridgehead atoms. The van der Waals surface area contributed by atoms with Gasteiger partial charge in [-0.3, -0.25) is 9.59 Å². The van der Waals surface area contributed by atoms with Crippen LogP contribution >= 0.6 is 0 Å². The van der Waals surface area contributed by atoms with Crippen molar-refractivity contribution in [2.45, 2.75) is 20.3 Å². The van der Waals surface area contributed by atoms with Gasteiger partial charge in [0.05, 0.1) is 32.4 Å². The summed E-state index contributed by atoms with van der Waals surface area (Å²) in [6.07, 6.45) is 0.0211. The normalized spacial score (nSPS) is 10.8. The molecular formula is C28H26FNO6. The molecule has 0 aliphatic carbocycles. The summed E-state index contributed by atoms with van der Waals surface area (Å²) in [6.45, 7) is 4.69. The molecule has 1 N–H and O–H groups in total. The molecule has 0 spiro atoms. The number of nitrogens with one attached hydrogen (secondary N) is 1. The average molecular weight is 492 g/mol. The summed E-state index contributed by atoms with van der Waals surface area (Å²) in [5, 5.41) is 3.34. The van der Waals surface area contributed by atoms with Crippen molar-refractivity contribution in [2.75, 3.05) is 25.6 Å². The molecule has 7 nitrogen and oxygen atoms in total. The number of furan rings is 1. The number of fused-ring (bicyclic) bond motifs is 1. The number of methoxy groups -OCH3 is 1. The predicted octanol–water partition coefficient (Wildman–Crippen LogP) is 5.79. The maximum atomic E-state index is 13.4. The lowest BCUT2D eigenvalue weighted by Crippen LogP contribution is -2.16. The van der Waals surface area contributed by atoms with Crippen molar-refractivity contribution in [1.82, 2.24) is 0 Å². The number of hydrogen-bond acceptors (Lipinski definition) is 6. The van der Waals surface area contributed by atoms with E-state index in [4.69, 9.17) is 18.6 Å². The van der Waals surface area contributed by atoms with Gasteiger partial charge in [0.15, 0.2) is 17.3 Å². The molecule has 0 fully saturated rings. The Bertz CT molecular complexity index is 1390. The molecule has 0 saturated heterocycles. The van der Waals surface area contributed by atoms with Crippen molar-refractivity contribution < 1.29 is 32.6 Å². The summed E-state index contributed by atoms with van der Waals surface area (Å²) in [5.41, 5.74) is 1.55. The highest BCUT2D eigenvalue weighted by molar-refractivity contribution is 6.17. The summed E-state index contributed by atoms with van der Waals surface area (Å²) in [4.78, 5) is 26.3. The average Bonchev–Trinajstić information content (AvgIpc) is 3.23. The number of halogens is 1. The van der Waals surface area contributed by atoms with Gasteiger partial charge in [-0.15, -0.1) is 0 Å². The van der Waals surface area contributed by atoms with Crippen molar-refractivity contribution in [2.24, 2.45) is 0 Å². The van der Waals surface area contributed by atoms with Crippen LogP contribution in [0.2, 0.25) is 0 Å². The van der Waals surface area contributed by atoms with Gasteiger partial charge in [0.2, 0.25) is 11.7 Å². The van der Waals surface area contributed by atoms with Gasteiger partial charge in [-0.25, -0.2) is 4.39 Å². The van der Waals surface area contributed by atoms with Crippen molar-refractivity contribution in [3.05, 3.63) is 83.4 Å². The van der Waals surface area contributed by atoms with E-state index in [9.17, 15) is 14.0 Å². The van der Waals surface area contributed by atoms with E-state index in [1.807, 2.05) is 13.8 Å². The van der Waals surface area contributed by atoms with Crippen LogP contribution in [0, 0.1) is 5.82 Å². The number of rotatable bonds is 10. The smallest absolute Gasteiger partial charge is 0.230 e. The van der Waals surface area contributed by atoms with Gasteiger partial charge >= 0.3 is 0 Å². The van der Waals surface area contributed by atoms with Crippen LogP contribution in [0.3, 0.4) is 0 Å². The maximum Gasteiger partial charge on any atom is 0.230 e. The van der Waals surface area contributed by atoms with Gasteiger partial charge in [0, 0.05) is 10.9 Å². The Labute approximate surface area is 207 Å². The molecule has 1 aromatic heterocycles. The number of carbonyl (C=O) groups is 2. The van der Waals surface area contributed by atoms with Gasteiger partial charge in [0.25, 0.3) is 0 Å². The van der Waals surface area contributed by atoms with E-state index in [1.54, 1.807) is 36.4 Å². The molecule has 0 aliphatic rings. The van der Waals surface area contributed by atoms with Crippen molar-refractivity contribution in [3.8, 4) is 17.2 Å². The Morgan fingerprint density at radius 3 is 2.33 bits per heavy atom. The van der Waals surface area contributed by atoms with Crippen LogP contribution in [-0.4, -0.2) is 32.0 Å². The van der Waals surface area contributed by atoms with Gasteiger partial charge in [-0.05, 0) is 74.0 Å². The zero-order valence-electron chi connectivity index (χ0n) is 20.2. The highest BCUT2D eigenvalue weighted by atomic mass is 19.1. The van der Waals surface area contributed by atoms with Crippen LogP contribution in [-0.2, 0) is 11.2 Å². The zero-order valence-corrected chi connectivity index (χ0v) is 20.2. The highest BCUT2D eigenvalue weighted by Gasteiger charge is 2.24. The molecular weight excluding hydrogens is 465 g/mol. The number of amides is 1. The minimum absolute atomic E-state index is 0.0211. The molecule has 4 aromatic rings. The molecule has 36 heavy (non-hydrogen) atoms. The second-order valence-corrected chi connectivity index (χ2v) is 7.88. The molecule has 8 heteroatoms. The monoisotopic (exact) mass is 491 g/mol. The Hall–Kier alpha value is -4.33. The second-order valence-electron chi connectivity index (χ2n) is 7.88.